The van der Waals surface area contributed by atoms with Crippen LogP contribution in [-0.2, 0) is 4.74 Å². The van der Waals surface area contributed by atoms with Crippen LogP contribution in [0.25, 0.3) is 11.1 Å². The fourth-order valence-electron chi connectivity index (χ4n) is 3.30. The normalized spacial score (nSPS) is 16.6. The highest BCUT2D eigenvalue weighted by Crippen LogP contribution is 2.30. The lowest BCUT2D eigenvalue weighted by Crippen LogP contribution is -2.34. The molecule has 0 unspecified atom stereocenters. The van der Waals surface area contributed by atoms with Crippen LogP contribution in [0.5, 0.6) is 5.75 Å². The summed E-state index contributed by atoms with van der Waals surface area (Å²) in [6.07, 6.45) is 4.58. The number of urea groups is 1. The summed E-state index contributed by atoms with van der Waals surface area (Å²) in [7, 11) is 3.42. The van der Waals surface area contributed by atoms with Crippen molar-refractivity contribution in [1.82, 2.24) is 4.90 Å². The number of hydrogen-bond donors (Lipinski definition) is 1. The van der Waals surface area contributed by atoms with Gasteiger partial charge < -0.3 is 19.7 Å². The quantitative estimate of drug-likeness (QED) is 0.798. The zero-order valence-corrected chi connectivity index (χ0v) is 16.1. The van der Waals surface area contributed by atoms with Gasteiger partial charge in [-0.1, -0.05) is 36.4 Å². The summed E-state index contributed by atoms with van der Waals surface area (Å²) in [6.45, 7) is 1.50. The van der Waals surface area contributed by atoms with Gasteiger partial charge in [-0.15, -0.1) is 0 Å². The average Bonchev–Trinajstić information content (AvgIpc) is 2.73. The molecular weight excluding hydrogens is 340 g/mol. The summed E-state index contributed by atoms with van der Waals surface area (Å²) in [5.41, 5.74) is 2.80. The highest BCUT2D eigenvalue weighted by atomic mass is 16.5. The number of amides is 2. The van der Waals surface area contributed by atoms with Crippen LogP contribution in [0.2, 0.25) is 0 Å². The Morgan fingerprint density at radius 3 is 2.70 bits per heavy atom. The minimum absolute atomic E-state index is 0.144. The molecule has 0 aromatic heterocycles. The number of carbonyl (C=O) groups is 1. The number of hydrogen-bond acceptors (Lipinski definition) is 3. The van der Waals surface area contributed by atoms with Crippen molar-refractivity contribution in [3.8, 4) is 16.9 Å². The molecule has 0 spiro atoms. The number of ether oxygens (including phenoxy) is 2. The first-order valence-electron chi connectivity index (χ1n) is 9.54. The first kappa shape index (κ1) is 19.2. The summed E-state index contributed by atoms with van der Waals surface area (Å²) < 4.78 is 11.2. The molecule has 1 atom stereocenters. The summed E-state index contributed by atoms with van der Waals surface area (Å²) >= 11 is 0. The van der Waals surface area contributed by atoms with Crippen LogP contribution in [0.15, 0.2) is 48.5 Å². The molecule has 0 saturated carbocycles. The van der Waals surface area contributed by atoms with Crippen LogP contribution in [0.3, 0.4) is 0 Å². The largest absolute Gasteiger partial charge is 0.495 e. The number of benzene rings is 2. The van der Waals surface area contributed by atoms with Crippen molar-refractivity contribution in [2.24, 2.45) is 0 Å². The molecule has 2 aromatic rings. The third-order valence-electron chi connectivity index (χ3n) is 4.96. The molecular formula is C22H28N2O3. The average molecular weight is 368 g/mol. The zero-order valence-electron chi connectivity index (χ0n) is 16.1. The topological polar surface area (TPSA) is 50.8 Å². The number of anilines is 1. The highest BCUT2D eigenvalue weighted by Gasteiger charge is 2.17. The smallest absolute Gasteiger partial charge is 0.321 e. The van der Waals surface area contributed by atoms with Crippen molar-refractivity contribution in [3.05, 3.63) is 48.5 Å². The van der Waals surface area contributed by atoms with E-state index < -0.39 is 0 Å². The van der Waals surface area contributed by atoms with E-state index in [-0.39, 0.29) is 12.1 Å². The molecule has 1 aliphatic rings. The Balaban J connectivity index is 1.65. The maximum Gasteiger partial charge on any atom is 0.321 e. The van der Waals surface area contributed by atoms with Crippen LogP contribution in [0, 0.1) is 0 Å². The van der Waals surface area contributed by atoms with Gasteiger partial charge in [-0.25, -0.2) is 4.79 Å². The van der Waals surface area contributed by atoms with Gasteiger partial charge in [0.2, 0.25) is 0 Å². The lowest BCUT2D eigenvalue weighted by molar-refractivity contribution is 0.00848. The molecule has 3 rings (SSSR count). The third-order valence-corrected chi connectivity index (χ3v) is 4.96. The van der Waals surface area contributed by atoms with Crippen LogP contribution in [0.1, 0.15) is 25.7 Å². The SMILES string of the molecule is COc1ccc(-c2ccccc2)cc1NC(=O)N(C)CC[C@H]1CCCCO1. The monoisotopic (exact) mass is 368 g/mol. The van der Waals surface area contributed by atoms with Crippen LogP contribution >= 0.6 is 0 Å². The predicted octanol–water partition coefficient (Wildman–Crippen LogP) is 4.79. The van der Waals surface area contributed by atoms with E-state index in [2.05, 4.69) is 5.32 Å². The van der Waals surface area contributed by atoms with E-state index in [9.17, 15) is 4.79 Å². The maximum absolute atomic E-state index is 12.6. The van der Waals surface area contributed by atoms with Crippen molar-refractivity contribution in [3.63, 3.8) is 0 Å². The molecule has 1 saturated heterocycles. The molecule has 5 heteroatoms. The predicted molar refractivity (Wildman–Crippen MR) is 108 cm³/mol. The molecule has 1 aliphatic heterocycles. The van der Waals surface area contributed by atoms with Crippen LogP contribution < -0.4 is 10.1 Å². The molecule has 0 aliphatic carbocycles. The van der Waals surface area contributed by atoms with Crippen molar-refractivity contribution in [2.75, 3.05) is 32.6 Å². The van der Waals surface area contributed by atoms with E-state index in [1.54, 1.807) is 12.0 Å². The van der Waals surface area contributed by atoms with E-state index in [0.717, 1.165) is 37.0 Å². The van der Waals surface area contributed by atoms with E-state index in [0.29, 0.717) is 18.0 Å². The lowest BCUT2D eigenvalue weighted by atomic mass is 10.0. The molecule has 144 valence electrons. The van der Waals surface area contributed by atoms with Crippen molar-refractivity contribution < 1.29 is 14.3 Å². The Morgan fingerprint density at radius 1 is 1.19 bits per heavy atom. The Kier molecular flexibility index (Phi) is 6.71. The summed E-state index contributed by atoms with van der Waals surface area (Å²) in [5, 5.41) is 2.98. The van der Waals surface area contributed by atoms with Crippen LogP contribution in [0.4, 0.5) is 10.5 Å². The Morgan fingerprint density at radius 2 is 2.00 bits per heavy atom. The molecule has 27 heavy (non-hydrogen) atoms. The van der Waals surface area contributed by atoms with Gasteiger partial charge in [0.15, 0.2) is 0 Å². The summed E-state index contributed by atoms with van der Waals surface area (Å²) in [6, 6.07) is 15.8. The van der Waals surface area contributed by atoms with Gasteiger partial charge >= 0.3 is 6.03 Å². The molecule has 1 N–H and O–H groups in total. The first-order valence-corrected chi connectivity index (χ1v) is 9.54. The van der Waals surface area contributed by atoms with Crippen LogP contribution in [-0.4, -0.2) is 44.3 Å². The van der Waals surface area contributed by atoms with E-state index in [1.807, 2.05) is 55.6 Å². The second kappa shape index (κ2) is 9.42. The number of nitrogens with one attached hydrogen (secondary N) is 1. The lowest BCUT2D eigenvalue weighted by Gasteiger charge is -2.25. The molecule has 1 fully saturated rings. The standard InChI is InChI=1S/C22H28N2O3/c1-24(14-13-19-10-6-7-15-27-19)22(25)23-20-16-18(11-12-21(20)26-2)17-8-4-3-5-9-17/h3-5,8-9,11-12,16,19H,6-7,10,13-15H2,1-2H3,(H,23,25)/t19-/m1/s1. The fraction of sp³-hybridized carbons (Fsp3) is 0.409. The van der Waals surface area contributed by atoms with Gasteiger partial charge in [-0.2, -0.15) is 0 Å². The van der Waals surface area contributed by atoms with Gasteiger partial charge in [-0.3, -0.25) is 0 Å². The third kappa shape index (κ3) is 5.23. The molecule has 0 radical (unpaired) electrons. The van der Waals surface area contributed by atoms with E-state index in [4.69, 9.17) is 9.47 Å². The number of rotatable bonds is 6. The van der Waals surface area contributed by atoms with Crippen molar-refractivity contribution in [1.29, 1.82) is 0 Å². The Bertz CT molecular complexity index is 742. The minimum atomic E-state index is -0.144. The summed E-state index contributed by atoms with van der Waals surface area (Å²) in [4.78, 5) is 14.3. The number of carbonyl (C=O) groups excluding carboxylic acids is 1. The maximum atomic E-state index is 12.6. The second-order valence-corrected chi connectivity index (χ2v) is 6.91. The van der Waals surface area contributed by atoms with Gasteiger partial charge in [0.1, 0.15) is 5.75 Å². The van der Waals surface area contributed by atoms with Crippen molar-refractivity contribution in [2.45, 2.75) is 31.8 Å². The summed E-state index contributed by atoms with van der Waals surface area (Å²) in [5.74, 6) is 0.645. The zero-order chi connectivity index (χ0) is 19.1. The Labute approximate surface area is 161 Å². The van der Waals surface area contributed by atoms with E-state index in [1.165, 1.54) is 6.42 Å². The fourth-order valence-corrected chi connectivity index (χ4v) is 3.30. The molecule has 1 heterocycles. The van der Waals surface area contributed by atoms with Gasteiger partial charge in [-0.05, 0) is 48.9 Å². The van der Waals surface area contributed by atoms with Gasteiger partial charge in [0, 0.05) is 20.2 Å². The Hall–Kier alpha value is -2.53. The molecule has 2 aromatic carbocycles. The number of methoxy groups -OCH3 is 1. The molecule has 0 bridgehead atoms. The second-order valence-electron chi connectivity index (χ2n) is 6.91. The number of nitrogens with zero attached hydrogens (tertiary/aromatic N) is 1. The van der Waals surface area contributed by atoms with E-state index >= 15 is 0 Å². The van der Waals surface area contributed by atoms with Crippen molar-refractivity contribution >= 4 is 11.7 Å². The molecule has 2 amide bonds. The minimum Gasteiger partial charge on any atom is -0.495 e. The van der Waals surface area contributed by atoms with Gasteiger partial charge in [0.05, 0.1) is 18.9 Å². The van der Waals surface area contributed by atoms with Gasteiger partial charge in [0.25, 0.3) is 0 Å². The highest BCUT2D eigenvalue weighted by molar-refractivity contribution is 5.92. The molecule has 5 nitrogen and oxygen atoms in total. The first-order chi connectivity index (χ1) is 13.2.